The summed E-state index contributed by atoms with van der Waals surface area (Å²) in [7, 11) is 0. The highest BCUT2D eigenvalue weighted by molar-refractivity contribution is 5.88. The molecule has 3 aromatic heterocycles. The van der Waals surface area contributed by atoms with E-state index in [2.05, 4.69) is 145 Å². The van der Waals surface area contributed by atoms with Gasteiger partial charge in [-0.05, 0) is 86.6 Å². The van der Waals surface area contributed by atoms with E-state index in [-0.39, 0.29) is 0 Å². The summed E-state index contributed by atoms with van der Waals surface area (Å²) in [6.45, 7) is 0. The fourth-order valence-corrected chi connectivity index (χ4v) is 8.06. The molecule has 0 bridgehead atoms. The second kappa shape index (κ2) is 17.0. The highest BCUT2D eigenvalue weighted by Crippen LogP contribution is 2.36. The normalized spacial score (nSPS) is 11.1. The van der Waals surface area contributed by atoms with Crippen LogP contribution < -0.4 is 0 Å². The molecule has 6 nitrogen and oxygen atoms in total. The van der Waals surface area contributed by atoms with Crippen molar-refractivity contribution in [2.45, 2.75) is 0 Å². The lowest BCUT2D eigenvalue weighted by Gasteiger charge is -2.13. The van der Waals surface area contributed by atoms with Gasteiger partial charge < -0.3 is 0 Å². The maximum Gasteiger partial charge on any atom is 0.164 e. The van der Waals surface area contributed by atoms with Crippen molar-refractivity contribution in [3.63, 3.8) is 0 Å². The third-order valence-electron chi connectivity index (χ3n) is 11.4. The van der Waals surface area contributed by atoms with E-state index in [1.807, 2.05) is 91.3 Å². The highest BCUT2D eigenvalue weighted by atomic mass is 15.0. The van der Waals surface area contributed by atoms with Gasteiger partial charge in [-0.1, -0.05) is 176 Å². The lowest BCUT2D eigenvalue weighted by atomic mass is 9.93. The van der Waals surface area contributed by atoms with Gasteiger partial charge >= 0.3 is 0 Å². The summed E-state index contributed by atoms with van der Waals surface area (Å²) in [6.07, 6.45) is 3.68. The zero-order chi connectivity index (χ0) is 42.7. The molecule has 0 spiro atoms. The van der Waals surface area contributed by atoms with Crippen LogP contribution in [0.15, 0.2) is 231 Å². The van der Waals surface area contributed by atoms with Gasteiger partial charge in [0.2, 0.25) is 0 Å². The third kappa shape index (κ3) is 7.95. The van der Waals surface area contributed by atoms with Crippen molar-refractivity contribution in [1.82, 2.24) is 29.9 Å². The smallest absolute Gasteiger partial charge is 0.164 e. The summed E-state index contributed by atoms with van der Waals surface area (Å²) in [5.74, 6) is 2.58. The van der Waals surface area contributed by atoms with Gasteiger partial charge in [0.15, 0.2) is 23.3 Å². The highest BCUT2D eigenvalue weighted by Gasteiger charge is 2.15. The number of fused-ring (bicyclic) bond motifs is 1. The van der Waals surface area contributed by atoms with Crippen molar-refractivity contribution in [2.75, 3.05) is 0 Å². The van der Waals surface area contributed by atoms with Gasteiger partial charge in [0.25, 0.3) is 0 Å². The van der Waals surface area contributed by atoms with Crippen LogP contribution in [-0.2, 0) is 0 Å². The van der Waals surface area contributed by atoms with E-state index in [9.17, 15) is 0 Å². The van der Waals surface area contributed by atoms with Crippen LogP contribution in [0.4, 0.5) is 0 Å². The van der Waals surface area contributed by atoms with Gasteiger partial charge in [0.1, 0.15) is 0 Å². The summed E-state index contributed by atoms with van der Waals surface area (Å²) in [6, 6.07) is 75.3. The maximum atomic E-state index is 5.11. The number of benzene rings is 8. The van der Waals surface area contributed by atoms with Crippen molar-refractivity contribution in [2.24, 2.45) is 0 Å². The van der Waals surface area contributed by atoms with Crippen LogP contribution >= 0.6 is 0 Å². The Kier molecular flexibility index (Phi) is 10.1. The fraction of sp³-hybridized carbons (Fsp3) is 0. The second-order valence-electron chi connectivity index (χ2n) is 15.6. The zero-order valence-electron chi connectivity index (χ0n) is 34.6. The number of aromatic nitrogens is 6. The van der Waals surface area contributed by atoms with Gasteiger partial charge in [-0.3, -0.25) is 4.98 Å². The molecule has 0 amide bonds. The molecule has 0 aliphatic carbocycles. The molecular weight excluding hydrogens is 781 g/mol. The predicted molar refractivity (Wildman–Crippen MR) is 260 cm³/mol. The minimum atomic E-state index is 0.620. The molecule has 3 heterocycles. The first-order valence-corrected chi connectivity index (χ1v) is 21.2. The Morgan fingerprint density at radius 2 is 0.562 bits per heavy atom. The molecule has 11 rings (SSSR count). The van der Waals surface area contributed by atoms with Crippen LogP contribution in [0.25, 0.3) is 112 Å². The van der Waals surface area contributed by atoms with E-state index < -0.39 is 0 Å². The van der Waals surface area contributed by atoms with Crippen molar-refractivity contribution >= 4 is 10.8 Å². The Morgan fingerprint density at radius 3 is 1.06 bits per heavy atom. The molecule has 0 saturated carbocycles. The maximum absolute atomic E-state index is 5.11. The molecule has 0 radical (unpaired) electrons. The van der Waals surface area contributed by atoms with Gasteiger partial charge in [0.05, 0.1) is 11.4 Å². The summed E-state index contributed by atoms with van der Waals surface area (Å²) in [5.41, 5.74) is 14.1. The number of rotatable bonds is 9. The van der Waals surface area contributed by atoms with Crippen LogP contribution in [0.5, 0.6) is 0 Å². The molecule has 11 aromatic rings. The Hall–Kier alpha value is -8.74. The molecule has 64 heavy (non-hydrogen) atoms. The number of hydrogen-bond acceptors (Lipinski definition) is 6. The van der Waals surface area contributed by atoms with E-state index in [0.717, 1.165) is 78.1 Å². The van der Waals surface area contributed by atoms with Gasteiger partial charge in [-0.15, -0.1) is 0 Å². The topological polar surface area (TPSA) is 77.3 Å². The largest absolute Gasteiger partial charge is 0.265 e. The molecule has 0 N–H and O–H groups in total. The lowest BCUT2D eigenvalue weighted by molar-refractivity contribution is 1.07. The molecule has 0 unspecified atom stereocenters. The lowest BCUT2D eigenvalue weighted by Crippen LogP contribution is -2.00. The minimum Gasteiger partial charge on any atom is -0.265 e. The summed E-state index contributed by atoms with van der Waals surface area (Å²) in [5, 5.41) is 2.37. The Morgan fingerprint density at radius 1 is 0.203 bits per heavy atom. The first-order valence-electron chi connectivity index (χ1n) is 21.2. The first kappa shape index (κ1) is 38.2. The monoisotopic (exact) mass is 818 g/mol. The zero-order valence-corrected chi connectivity index (χ0v) is 34.6. The van der Waals surface area contributed by atoms with E-state index >= 15 is 0 Å². The molecule has 0 aliphatic heterocycles. The van der Waals surface area contributed by atoms with E-state index in [4.69, 9.17) is 24.9 Å². The summed E-state index contributed by atoms with van der Waals surface area (Å²) >= 11 is 0. The van der Waals surface area contributed by atoms with Crippen molar-refractivity contribution in [3.05, 3.63) is 231 Å². The average molecular weight is 819 g/mol. The van der Waals surface area contributed by atoms with Crippen LogP contribution in [0.2, 0.25) is 0 Å². The van der Waals surface area contributed by atoms with Gasteiger partial charge in [-0.2, -0.15) is 0 Å². The average Bonchev–Trinajstić information content (AvgIpc) is 3.39. The Labute approximate surface area is 371 Å². The SMILES string of the molecule is c1ccc(-c2nc(-c3ccc(-c4cc(-c5ccncc5)cc(-c5ccc(-c6nc(-c7ccccc7)nc(-c7ccccc7)n6)cc5)c4)cc3)cc(-c3ccc4ccccc4c3)n2)cc1. The quantitative estimate of drug-likeness (QED) is 0.144. The fourth-order valence-electron chi connectivity index (χ4n) is 8.06. The molecule has 0 atom stereocenters. The van der Waals surface area contributed by atoms with Crippen LogP contribution in [0.1, 0.15) is 0 Å². The van der Waals surface area contributed by atoms with E-state index in [1.54, 1.807) is 0 Å². The number of hydrogen-bond donors (Lipinski definition) is 0. The van der Waals surface area contributed by atoms with Crippen LogP contribution in [-0.4, -0.2) is 29.9 Å². The number of pyridine rings is 1. The van der Waals surface area contributed by atoms with Gasteiger partial charge in [-0.25, -0.2) is 24.9 Å². The van der Waals surface area contributed by atoms with Crippen molar-refractivity contribution < 1.29 is 0 Å². The molecular formula is C58H38N6. The molecule has 0 aliphatic rings. The van der Waals surface area contributed by atoms with Crippen LogP contribution in [0, 0.1) is 0 Å². The summed E-state index contributed by atoms with van der Waals surface area (Å²) in [4.78, 5) is 29.3. The molecule has 300 valence electrons. The molecule has 8 aromatic carbocycles. The van der Waals surface area contributed by atoms with E-state index in [1.165, 1.54) is 10.8 Å². The number of nitrogens with zero attached hydrogens (tertiary/aromatic N) is 6. The standard InChI is InChI=1S/C58H38N6/c1-4-13-44(14-5-1)55-60-53(38-54(61-55)49-29-24-39-12-10-11-19-48(39)34-49)43-25-20-40(21-26-43)50-35-51(37-52(36-50)42-30-32-59-33-31-42)41-22-27-47(28-23-41)58-63-56(45-15-6-2-7-16-45)62-57(64-58)46-17-8-3-9-18-46/h1-38H. The second-order valence-corrected chi connectivity index (χ2v) is 15.6. The Bertz CT molecular complexity index is 3340. The first-order chi connectivity index (χ1) is 31.7. The Balaban J connectivity index is 0.957. The van der Waals surface area contributed by atoms with E-state index in [0.29, 0.717) is 23.3 Å². The molecule has 0 saturated heterocycles. The van der Waals surface area contributed by atoms with Crippen LogP contribution in [0.3, 0.4) is 0 Å². The van der Waals surface area contributed by atoms with Crippen molar-refractivity contribution in [3.8, 4) is 101 Å². The summed E-state index contributed by atoms with van der Waals surface area (Å²) < 4.78 is 0. The molecule has 0 fully saturated rings. The third-order valence-corrected chi connectivity index (χ3v) is 11.4. The minimum absolute atomic E-state index is 0.620. The molecule has 6 heteroatoms. The predicted octanol–water partition coefficient (Wildman–Crippen LogP) is 14.2. The van der Waals surface area contributed by atoms with Gasteiger partial charge in [0, 0.05) is 45.8 Å². The van der Waals surface area contributed by atoms with Crippen molar-refractivity contribution in [1.29, 1.82) is 0 Å².